The molecule has 0 aromatic carbocycles. The zero-order chi connectivity index (χ0) is 39.1. The van der Waals surface area contributed by atoms with E-state index in [1.807, 2.05) is 0 Å². The summed E-state index contributed by atoms with van der Waals surface area (Å²) >= 11 is 0. The summed E-state index contributed by atoms with van der Waals surface area (Å²) in [6.45, 7) is -2.53. The standard InChI is InChI=1S/C24H39F10N3O11Si2/c1-9-47-16(21(27,28)23(31,32)48-24(33,34)22(29,30)20(2,25)26)37-18(39)35(12-10-14-49(41-3,42-4)43-5)17(38)36(19(37)40)13-11-15-50(44-6,45-7)46-8/h16H,9-15H2,1-8H3. The van der Waals surface area contributed by atoms with Crippen LogP contribution in [0.15, 0.2) is 14.4 Å². The van der Waals surface area contributed by atoms with Gasteiger partial charge in [-0.3, -0.25) is 0 Å². The van der Waals surface area contributed by atoms with E-state index in [0.29, 0.717) is 0 Å². The van der Waals surface area contributed by atoms with Crippen molar-refractivity contribution in [2.45, 2.75) is 88.1 Å². The average molecular weight is 792 g/mol. The average Bonchev–Trinajstić information content (AvgIpc) is 3.03. The second-order valence-electron chi connectivity index (χ2n) is 10.3. The lowest BCUT2D eigenvalue weighted by Crippen LogP contribution is -2.63. The topological polar surface area (TPSA) is 140 Å². The Kier molecular flexibility index (Phi) is 15.7. The van der Waals surface area contributed by atoms with Gasteiger partial charge in [0.05, 0.1) is 0 Å². The molecule has 1 atom stereocenters. The van der Waals surface area contributed by atoms with Crippen molar-refractivity contribution in [3.05, 3.63) is 31.5 Å². The molecule has 0 aliphatic carbocycles. The van der Waals surface area contributed by atoms with Gasteiger partial charge in [-0.1, -0.05) is 0 Å². The van der Waals surface area contributed by atoms with Crippen LogP contribution in [0.2, 0.25) is 12.1 Å². The van der Waals surface area contributed by atoms with Crippen LogP contribution >= 0.6 is 0 Å². The number of aromatic nitrogens is 3. The number of hydrogen-bond acceptors (Lipinski definition) is 11. The monoisotopic (exact) mass is 791 g/mol. The number of rotatable bonds is 23. The highest BCUT2D eigenvalue weighted by atomic mass is 28.4. The maximum atomic E-state index is 15.5. The van der Waals surface area contributed by atoms with Crippen LogP contribution in [-0.2, 0) is 49.1 Å². The molecule has 0 aliphatic heterocycles. The van der Waals surface area contributed by atoms with E-state index < -0.39 is 102 Å². The van der Waals surface area contributed by atoms with E-state index in [-0.39, 0.29) is 34.1 Å². The van der Waals surface area contributed by atoms with E-state index in [1.54, 1.807) is 0 Å². The van der Waals surface area contributed by atoms with Crippen LogP contribution in [0, 0.1) is 0 Å². The van der Waals surface area contributed by atoms with Gasteiger partial charge < -0.3 is 31.3 Å². The molecular formula is C24H39F10N3O11Si2. The van der Waals surface area contributed by atoms with Crippen molar-refractivity contribution in [1.82, 2.24) is 13.7 Å². The summed E-state index contributed by atoms with van der Waals surface area (Å²) in [5.41, 5.74) is -5.55. The molecule has 14 nitrogen and oxygen atoms in total. The summed E-state index contributed by atoms with van der Waals surface area (Å²) in [5.74, 6) is -18.9. The van der Waals surface area contributed by atoms with E-state index in [9.17, 15) is 49.5 Å². The van der Waals surface area contributed by atoms with Crippen LogP contribution in [0.25, 0.3) is 0 Å². The first kappa shape index (κ1) is 45.8. The molecule has 1 rings (SSSR count). The first-order valence-electron chi connectivity index (χ1n) is 14.3. The van der Waals surface area contributed by atoms with Crippen LogP contribution < -0.4 is 17.1 Å². The van der Waals surface area contributed by atoms with Crippen molar-refractivity contribution in [3.8, 4) is 0 Å². The fourth-order valence-electron chi connectivity index (χ4n) is 4.45. The van der Waals surface area contributed by atoms with Crippen molar-refractivity contribution >= 4 is 17.6 Å². The lowest BCUT2D eigenvalue weighted by Gasteiger charge is -2.37. The van der Waals surface area contributed by atoms with Crippen LogP contribution in [0.4, 0.5) is 43.9 Å². The highest BCUT2D eigenvalue weighted by Gasteiger charge is 2.77. The van der Waals surface area contributed by atoms with Crippen LogP contribution in [0.3, 0.4) is 0 Å². The first-order chi connectivity index (χ1) is 22.8. The molecular weight excluding hydrogens is 752 g/mol. The second-order valence-corrected chi connectivity index (χ2v) is 16.5. The van der Waals surface area contributed by atoms with Crippen LogP contribution in [-0.4, -0.2) is 111 Å². The minimum absolute atomic E-state index is 0.136. The SMILES string of the molecule is CCOC(n1c(=O)n(CCC[Si](OC)(OC)OC)c(=O)n(CCC[Si](OC)(OC)OC)c1=O)C(F)(F)C(F)(F)OC(F)(F)C(F)(F)C(C)(F)F. The van der Waals surface area contributed by atoms with Crippen molar-refractivity contribution < 1.29 is 79.9 Å². The smallest absolute Gasteiger partial charge is 0.377 e. The molecule has 0 bridgehead atoms. The summed E-state index contributed by atoms with van der Waals surface area (Å²) in [6, 6.07) is -0.291. The minimum Gasteiger partial charge on any atom is -0.377 e. The number of hydrogen-bond donors (Lipinski definition) is 0. The van der Waals surface area contributed by atoms with Crippen molar-refractivity contribution in [3.63, 3.8) is 0 Å². The van der Waals surface area contributed by atoms with Gasteiger partial charge in [0.1, 0.15) is 0 Å². The molecule has 0 radical (unpaired) electrons. The molecule has 1 aromatic rings. The van der Waals surface area contributed by atoms with Gasteiger partial charge in [-0.2, -0.15) is 43.9 Å². The Morgan fingerprint density at radius 3 is 1.28 bits per heavy atom. The number of halogens is 10. The Bertz CT molecular complexity index is 1350. The van der Waals surface area contributed by atoms with Gasteiger partial charge in [0.15, 0.2) is 0 Å². The van der Waals surface area contributed by atoms with E-state index in [4.69, 9.17) is 26.6 Å². The van der Waals surface area contributed by atoms with Gasteiger partial charge in [-0.05, 0) is 19.8 Å². The second kappa shape index (κ2) is 17.1. The van der Waals surface area contributed by atoms with E-state index >= 15 is 8.78 Å². The van der Waals surface area contributed by atoms with Gasteiger partial charge in [-0.15, -0.1) is 0 Å². The molecule has 0 spiro atoms. The first-order valence-corrected chi connectivity index (χ1v) is 18.2. The zero-order valence-electron chi connectivity index (χ0n) is 28.1. The van der Waals surface area contributed by atoms with Gasteiger partial charge in [0.2, 0.25) is 6.23 Å². The van der Waals surface area contributed by atoms with Crippen molar-refractivity contribution in [2.24, 2.45) is 0 Å². The number of ether oxygens (including phenoxy) is 2. The van der Waals surface area contributed by atoms with Crippen LogP contribution in [0.1, 0.15) is 32.9 Å². The summed E-state index contributed by atoms with van der Waals surface area (Å²) in [5, 5.41) is 0. The lowest BCUT2D eigenvalue weighted by molar-refractivity contribution is -0.494. The maximum Gasteiger partial charge on any atom is 0.500 e. The van der Waals surface area contributed by atoms with Crippen molar-refractivity contribution in [2.75, 3.05) is 49.3 Å². The minimum atomic E-state index is -6.96. The molecule has 0 fully saturated rings. The summed E-state index contributed by atoms with van der Waals surface area (Å²) < 4.78 is 180. The van der Waals surface area contributed by atoms with Crippen LogP contribution in [0.5, 0.6) is 0 Å². The quantitative estimate of drug-likeness (QED) is 0.119. The Morgan fingerprint density at radius 2 is 0.980 bits per heavy atom. The van der Waals surface area contributed by atoms with E-state index in [0.717, 1.165) is 6.92 Å². The van der Waals surface area contributed by atoms with E-state index in [2.05, 4.69) is 9.47 Å². The third-order valence-electron chi connectivity index (χ3n) is 7.36. The van der Waals surface area contributed by atoms with Gasteiger partial charge in [-0.25, -0.2) is 32.8 Å². The largest absolute Gasteiger partial charge is 0.500 e. The van der Waals surface area contributed by atoms with E-state index in [1.165, 1.54) is 42.7 Å². The Morgan fingerprint density at radius 1 is 0.620 bits per heavy atom. The number of alkyl halides is 10. The normalized spacial score (nSPS) is 14.8. The Labute approximate surface area is 280 Å². The molecule has 0 amide bonds. The molecule has 1 heterocycles. The molecule has 26 heteroatoms. The molecule has 1 unspecified atom stereocenters. The molecule has 0 saturated carbocycles. The van der Waals surface area contributed by atoms with Gasteiger partial charge >= 0.3 is 64.7 Å². The predicted molar refractivity (Wildman–Crippen MR) is 154 cm³/mol. The molecule has 50 heavy (non-hydrogen) atoms. The fraction of sp³-hybridized carbons (Fsp3) is 0.875. The third-order valence-corrected chi connectivity index (χ3v) is 13.0. The number of nitrogens with zero attached hydrogens (tertiary/aromatic N) is 3. The highest BCUT2D eigenvalue weighted by Crippen LogP contribution is 2.52. The Hall–Kier alpha value is -2.18. The highest BCUT2D eigenvalue weighted by molar-refractivity contribution is 6.60. The fourth-order valence-corrected chi connectivity index (χ4v) is 7.85. The molecule has 294 valence electrons. The molecule has 0 aliphatic rings. The van der Waals surface area contributed by atoms with Crippen molar-refractivity contribution in [1.29, 1.82) is 0 Å². The zero-order valence-corrected chi connectivity index (χ0v) is 30.1. The Balaban J connectivity index is 3.99. The molecule has 0 N–H and O–H groups in total. The summed E-state index contributed by atoms with van der Waals surface area (Å²) in [6.07, 6.45) is -18.3. The summed E-state index contributed by atoms with van der Waals surface area (Å²) in [7, 11) is 0.418. The maximum absolute atomic E-state index is 15.5. The molecule has 0 saturated heterocycles. The third kappa shape index (κ3) is 9.24. The van der Waals surface area contributed by atoms with Gasteiger partial charge in [0, 0.05) is 81.4 Å². The molecule has 1 aromatic heterocycles. The van der Waals surface area contributed by atoms with Gasteiger partial charge in [0.25, 0.3) is 0 Å². The lowest BCUT2D eigenvalue weighted by atomic mass is 10.2. The predicted octanol–water partition coefficient (Wildman–Crippen LogP) is 3.37. The summed E-state index contributed by atoms with van der Waals surface area (Å²) in [4.78, 5) is 40.4.